The van der Waals surface area contributed by atoms with Crippen molar-refractivity contribution in [1.82, 2.24) is 9.97 Å². The van der Waals surface area contributed by atoms with Gasteiger partial charge >= 0.3 is 0 Å². The van der Waals surface area contributed by atoms with E-state index in [2.05, 4.69) is 30.7 Å². The number of nitrogens with zero attached hydrogens (tertiary/aromatic N) is 5. The van der Waals surface area contributed by atoms with Crippen LogP contribution in [0.25, 0.3) is 0 Å². The molecule has 6 N–H and O–H groups in total. The summed E-state index contributed by atoms with van der Waals surface area (Å²) in [5.74, 6) is 3.28. The first-order valence-electron chi connectivity index (χ1n) is 9.35. The molecule has 0 radical (unpaired) electrons. The average molecular weight is 452 g/mol. The maximum absolute atomic E-state index is 14.4. The highest BCUT2D eigenvalue weighted by molar-refractivity contribution is 6.12. The van der Waals surface area contributed by atoms with E-state index in [1.807, 2.05) is 0 Å². The van der Waals surface area contributed by atoms with Crippen LogP contribution in [0.1, 0.15) is 17.0 Å². The molecule has 0 bridgehead atoms. The van der Waals surface area contributed by atoms with Crippen LogP contribution in [0.5, 0.6) is 5.75 Å². The largest absolute Gasteiger partial charge is 0.488 e. The molecular formula is C20H18F2N10O. The summed E-state index contributed by atoms with van der Waals surface area (Å²) in [5, 5.41) is 28.3. The molecular weight excluding hydrogens is 434 g/mol. The molecule has 0 aliphatic carbocycles. The first kappa shape index (κ1) is 23.0. The summed E-state index contributed by atoms with van der Waals surface area (Å²) in [6, 6.07) is 8.70. The average Bonchev–Trinajstić information content (AvgIpc) is 2.82. The van der Waals surface area contributed by atoms with E-state index in [1.165, 1.54) is 6.20 Å². The summed E-state index contributed by atoms with van der Waals surface area (Å²) in [7, 11) is 0. The zero-order valence-electron chi connectivity index (χ0n) is 17.0. The van der Waals surface area contributed by atoms with Gasteiger partial charge in [-0.1, -0.05) is 23.4 Å². The van der Waals surface area contributed by atoms with Crippen LogP contribution in [0.3, 0.4) is 0 Å². The van der Waals surface area contributed by atoms with Gasteiger partial charge in [-0.3, -0.25) is 5.41 Å². The fourth-order valence-corrected chi connectivity index (χ4v) is 2.82. The van der Waals surface area contributed by atoms with Crippen molar-refractivity contribution in [2.75, 3.05) is 11.9 Å². The van der Waals surface area contributed by atoms with Crippen LogP contribution in [0, 0.1) is 28.0 Å². The minimum absolute atomic E-state index is 0.0196. The highest BCUT2D eigenvalue weighted by atomic mass is 19.1. The predicted molar refractivity (Wildman–Crippen MR) is 116 cm³/mol. The number of ether oxygens (including phenoxy) is 1. The molecule has 0 fully saturated rings. The number of benzene rings is 2. The van der Waals surface area contributed by atoms with Crippen molar-refractivity contribution in [3.8, 4) is 5.75 Å². The topological polar surface area (TPSA) is 182 Å². The fraction of sp³-hybridized carbons (Fsp3) is 0.100. The molecule has 0 spiro atoms. The molecule has 0 atom stereocenters. The van der Waals surface area contributed by atoms with E-state index >= 15 is 0 Å². The monoisotopic (exact) mass is 452 g/mol. The molecule has 11 nitrogen and oxygen atoms in total. The lowest BCUT2D eigenvalue weighted by molar-refractivity contribution is 0.373. The van der Waals surface area contributed by atoms with Crippen LogP contribution in [0.2, 0.25) is 0 Å². The summed E-state index contributed by atoms with van der Waals surface area (Å²) in [6.45, 7) is -0.309. The molecule has 0 aliphatic rings. The summed E-state index contributed by atoms with van der Waals surface area (Å²) >= 11 is 0. The molecule has 33 heavy (non-hydrogen) atoms. The second-order valence-electron chi connectivity index (χ2n) is 6.38. The van der Waals surface area contributed by atoms with Crippen molar-refractivity contribution in [3.05, 3.63) is 71.2 Å². The molecule has 3 rings (SSSR count). The second-order valence-corrected chi connectivity index (χ2v) is 6.38. The van der Waals surface area contributed by atoms with Gasteiger partial charge in [0.1, 0.15) is 35.4 Å². The Balaban J connectivity index is 1.86. The number of anilines is 1. The van der Waals surface area contributed by atoms with Gasteiger partial charge in [0.25, 0.3) is 0 Å². The van der Waals surface area contributed by atoms with Crippen LogP contribution in [-0.2, 0) is 6.54 Å². The molecule has 0 aliphatic heterocycles. The quantitative estimate of drug-likeness (QED) is 0.132. The third kappa shape index (κ3) is 5.33. The number of aromatic nitrogens is 2. The highest BCUT2D eigenvalue weighted by Gasteiger charge is 2.17. The summed E-state index contributed by atoms with van der Waals surface area (Å²) < 4.78 is 33.9. The van der Waals surface area contributed by atoms with E-state index in [9.17, 15) is 8.78 Å². The molecule has 2 aromatic carbocycles. The summed E-state index contributed by atoms with van der Waals surface area (Å²) in [4.78, 5) is 8.09. The van der Waals surface area contributed by atoms with Crippen molar-refractivity contribution in [2.24, 2.45) is 21.3 Å². The van der Waals surface area contributed by atoms with Gasteiger partial charge in [0, 0.05) is 41.7 Å². The van der Waals surface area contributed by atoms with Crippen molar-refractivity contribution >= 4 is 29.1 Å². The number of nitrogens with one attached hydrogen (secondary N) is 4. The summed E-state index contributed by atoms with van der Waals surface area (Å²) in [6.07, 6.45) is 2.18. The highest BCUT2D eigenvalue weighted by Crippen LogP contribution is 2.27. The Morgan fingerprint density at radius 1 is 1.21 bits per heavy atom. The standard InChI is InChI=1S/C20H18F2N10O/c21-14-7-11(33-6-5-23)8-15(22)13(14)9-27-16-4-2-1-3-12(16)18(24)20-28-10-17(30-25)19(29-20)31-32-26/h1-5,7-8,10,23-25,27H,6,9H2,(H2,26,28,29,31). The number of hydrogen-bond donors (Lipinski definition) is 5. The van der Waals surface area contributed by atoms with Gasteiger partial charge in [0.2, 0.25) is 5.82 Å². The van der Waals surface area contributed by atoms with Gasteiger partial charge in [-0.05, 0) is 6.07 Å². The van der Waals surface area contributed by atoms with Crippen molar-refractivity contribution < 1.29 is 13.5 Å². The Morgan fingerprint density at radius 3 is 2.61 bits per heavy atom. The Hall–Kier alpha value is -4.68. The van der Waals surface area contributed by atoms with E-state index in [-0.39, 0.29) is 47.5 Å². The molecule has 0 saturated heterocycles. The van der Waals surface area contributed by atoms with Gasteiger partial charge in [-0.25, -0.2) is 24.3 Å². The van der Waals surface area contributed by atoms with Crippen LogP contribution < -0.4 is 15.9 Å². The first-order chi connectivity index (χ1) is 16.0. The lowest BCUT2D eigenvalue weighted by Crippen LogP contribution is -2.12. The lowest BCUT2D eigenvalue weighted by atomic mass is 10.1. The number of para-hydroxylation sites is 1. The number of nitrogens with two attached hydrogens (primary N) is 1. The number of halogens is 2. The Kier molecular flexibility index (Phi) is 7.36. The van der Waals surface area contributed by atoms with E-state index in [0.29, 0.717) is 11.3 Å². The molecule has 13 heteroatoms. The number of hydrogen-bond acceptors (Lipinski definition) is 10. The third-order valence-electron chi connectivity index (χ3n) is 4.35. The zero-order valence-corrected chi connectivity index (χ0v) is 17.0. The van der Waals surface area contributed by atoms with Gasteiger partial charge in [-0.15, -0.1) is 5.11 Å². The summed E-state index contributed by atoms with van der Waals surface area (Å²) in [5.41, 5.74) is 7.57. The zero-order chi connectivity index (χ0) is 23.8. The normalized spacial score (nSPS) is 10.7. The van der Waals surface area contributed by atoms with Gasteiger partial charge in [0.05, 0.1) is 6.20 Å². The minimum Gasteiger partial charge on any atom is -0.488 e. The Morgan fingerprint density at radius 2 is 1.94 bits per heavy atom. The van der Waals surface area contributed by atoms with Crippen molar-refractivity contribution in [2.45, 2.75) is 6.54 Å². The predicted octanol–water partition coefficient (Wildman–Crippen LogP) is 4.43. The SMILES string of the molecule is N=CCOc1cc(F)c(CNc2ccccc2C(=N)c2ncc(N=N)c(N=NN)n2)c(F)c1. The second kappa shape index (κ2) is 10.6. The van der Waals surface area contributed by atoms with Crippen molar-refractivity contribution in [3.63, 3.8) is 0 Å². The fourth-order valence-electron chi connectivity index (χ4n) is 2.82. The van der Waals surface area contributed by atoms with Crippen LogP contribution in [0.15, 0.2) is 58.0 Å². The molecule has 1 aromatic heterocycles. The van der Waals surface area contributed by atoms with E-state index in [0.717, 1.165) is 18.3 Å². The smallest absolute Gasteiger partial charge is 0.207 e. The van der Waals surface area contributed by atoms with Gasteiger partial charge in [0.15, 0.2) is 5.82 Å². The van der Waals surface area contributed by atoms with Gasteiger partial charge < -0.3 is 21.3 Å². The number of rotatable bonds is 10. The Labute approximate surface area is 186 Å². The van der Waals surface area contributed by atoms with E-state index in [4.69, 9.17) is 26.9 Å². The van der Waals surface area contributed by atoms with E-state index < -0.39 is 11.6 Å². The minimum atomic E-state index is -0.815. The lowest BCUT2D eigenvalue weighted by Gasteiger charge is -2.14. The Bertz CT molecular complexity index is 1210. The molecule has 168 valence electrons. The third-order valence-corrected chi connectivity index (χ3v) is 4.35. The van der Waals surface area contributed by atoms with Crippen LogP contribution in [-0.4, -0.2) is 28.5 Å². The van der Waals surface area contributed by atoms with Crippen LogP contribution in [0.4, 0.5) is 26.0 Å². The molecule has 0 amide bonds. The van der Waals surface area contributed by atoms with Crippen LogP contribution >= 0.6 is 0 Å². The molecule has 3 aromatic rings. The van der Waals surface area contributed by atoms with Crippen molar-refractivity contribution in [1.29, 1.82) is 16.3 Å². The maximum atomic E-state index is 14.4. The maximum Gasteiger partial charge on any atom is 0.207 e. The molecule has 0 unspecified atom stereocenters. The molecule has 1 heterocycles. The van der Waals surface area contributed by atoms with Gasteiger partial charge in [-0.2, -0.15) is 5.11 Å². The first-order valence-corrected chi connectivity index (χ1v) is 9.35. The molecule has 0 saturated carbocycles. The van der Waals surface area contributed by atoms with E-state index in [1.54, 1.807) is 24.3 Å².